The Morgan fingerprint density at radius 1 is 1.50 bits per heavy atom. The molecular weight excluding hydrogens is 236 g/mol. The largest absolute Gasteiger partial charge is 0.384 e. The zero-order valence-corrected chi connectivity index (χ0v) is 11.5. The van der Waals surface area contributed by atoms with Gasteiger partial charge in [-0.25, -0.2) is 0 Å². The second-order valence-electron chi connectivity index (χ2n) is 3.95. The second-order valence-corrected chi connectivity index (χ2v) is 6.06. The van der Waals surface area contributed by atoms with E-state index >= 15 is 0 Å². The van der Waals surface area contributed by atoms with Gasteiger partial charge in [0.15, 0.2) is 0 Å². The molecule has 0 aliphatic carbocycles. The van der Waals surface area contributed by atoms with E-state index in [2.05, 4.69) is 31.1 Å². The molecule has 1 aromatic rings. The molecule has 3 heteroatoms. The molecule has 1 rings (SSSR count). The molecule has 0 fully saturated rings. The lowest BCUT2D eigenvalue weighted by Gasteiger charge is -2.03. The number of thioether (sulfide) groups is 1. The summed E-state index contributed by atoms with van der Waals surface area (Å²) in [4.78, 5) is 1.33. The summed E-state index contributed by atoms with van der Waals surface area (Å²) in [6, 6.07) is 2.03. The second kappa shape index (κ2) is 7.78. The average Bonchev–Trinajstić information content (AvgIpc) is 2.69. The van der Waals surface area contributed by atoms with Crippen LogP contribution in [0.1, 0.15) is 30.7 Å². The number of aliphatic hydroxyl groups excluding tert-OH is 1. The first-order valence-corrected chi connectivity index (χ1v) is 7.51. The van der Waals surface area contributed by atoms with Crippen LogP contribution in [0, 0.1) is 17.8 Å². The minimum Gasteiger partial charge on any atom is -0.384 e. The van der Waals surface area contributed by atoms with E-state index in [1.807, 2.05) is 17.8 Å². The molecule has 1 aromatic heterocycles. The molecule has 16 heavy (non-hydrogen) atoms. The molecule has 0 bridgehead atoms. The van der Waals surface area contributed by atoms with Crippen molar-refractivity contribution in [1.82, 2.24) is 0 Å². The van der Waals surface area contributed by atoms with E-state index in [0.29, 0.717) is 0 Å². The fourth-order valence-corrected chi connectivity index (χ4v) is 3.44. The van der Waals surface area contributed by atoms with Crippen LogP contribution in [0.4, 0.5) is 0 Å². The Bertz CT molecular complexity index is 357. The first-order chi connectivity index (χ1) is 7.74. The summed E-state index contributed by atoms with van der Waals surface area (Å²) in [5.41, 5.74) is 1.08. The van der Waals surface area contributed by atoms with E-state index in [9.17, 15) is 0 Å². The van der Waals surface area contributed by atoms with Gasteiger partial charge in [0.2, 0.25) is 0 Å². The third-order valence-electron chi connectivity index (χ3n) is 2.12. The van der Waals surface area contributed by atoms with E-state index < -0.39 is 0 Å². The number of rotatable bonds is 5. The third-order valence-corrected chi connectivity index (χ3v) is 4.24. The molecule has 1 nitrogen and oxygen atoms in total. The van der Waals surface area contributed by atoms with E-state index in [-0.39, 0.29) is 6.61 Å². The van der Waals surface area contributed by atoms with Crippen molar-refractivity contribution in [3.05, 3.63) is 21.9 Å². The predicted octanol–water partition coefficient (Wildman–Crippen LogP) is 3.37. The van der Waals surface area contributed by atoms with Crippen molar-refractivity contribution in [2.24, 2.45) is 5.92 Å². The van der Waals surface area contributed by atoms with E-state index in [0.717, 1.165) is 17.2 Å². The molecule has 0 aromatic carbocycles. The molecule has 88 valence electrons. The van der Waals surface area contributed by atoms with E-state index in [1.54, 1.807) is 11.3 Å². The van der Waals surface area contributed by atoms with Gasteiger partial charge in [0.1, 0.15) is 6.61 Å². The van der Waals surface area contributed by atoms with Crippen LogP contribution in [0.5, 0.6) is 0 Å². The Balaban J connectivity index is 2.39. The van der Waals surface area contributed by atoms with Crippen LogP contribution in [0.15, 0.2) is 11.4 Å². The van der Waals surface area contributed by atoms with Gasteiger partial charge in [-0.3, -0.25) is 0 Å². The molecular formula is C13H18OS2. The number of hydrogen-bond acceptors (Lipinski definition) is 3. The summed E-state index contributed by atoms with van der Waals surface area (Å²) in [6.07, 6.45) is 1.27. The van der Waals surface area contributed by atoms with Gasteiger partial charge in [-0.2, -0.15) is 11.8 Å². The van der Waals surface area contributed by atoms with Crippen LogP contribution >= 0.6 is 23.1 Å². The molecule has 1 N–H and O–H groups in total. The van der Waals surface area contributed by atoms with Crippen LogP contribution in [0.2, 0.25) is 0 Å². The lowest BCUT2D eigenvalue weighted by Crippen LogP contribution is -1.90. The summed E-state index contributed by atoms with van der Waals surface area (Å²) in [7, 11) is 0. The molecule has 0 amide bonds. The van der Waals surface area contributed by atoms with E-state index in [1.165, 1.54) is 17.1 Å². The molecule has 0 radical (unpaired) electrons. The van der Waals surface area contributed by atoms with Gasteiger partial charge in [0.05, 0.1) is 0 Å². The zero-order chi connectivity index (χ0) is 11.8. The minimum absolute atomic E-state index is 0.0597. The molecule has 0 aliphatic rings. The third kappa shape index (κ3) is 5.07. The van der Waals surface area contributed by atoms with Gasteiger partial charge in [-0.15, -0.1) is 11.3 Å². The van der Waals surface area contributed by atoms with Crippen molar-refractivity contribution in [3.63, 3.8) is 0 Å². The fourth-order valence-electron chi connectivity index (χ4n) is 1.18. The summed E-state index contributed by atoms with van der Waals surface area (Å²) >= 11 is 3.72. The van der Waals surface area contributed by atoms with Gasteiger partial charge in [-0.05, 0) is 29.5 Å². The normalized spacial score (nSPS) is 10.2. The minimum atomic E-state index is -0.0597. The Labute approximate surface area is 106 Å². The van der Waals surface area contributed by atoms with Crippen LogP contribution in [0.25, 0.3) is 0 Å². The maximum atomic E-state index is 8.66. The summed E-state index contributed by atoms with van der Waals surface area (Å²) in [5.74, 6) is 8.73. The quantitative estimate of drug-likeness (QED) is 0.642. The lowest BCUT2D eigenvalue weighted by atomic mass is 10.2. The summed E-state index contributed by atoms with van der Waals surface area (Å²) < 4.78 is 0. The van der Waals surface area contributed by atoms with Gasteiger partial charge in [0, 0.05) is 16.2 Å². The summed E-state index contributed by atoms with van der Waals surface area (Å²) in [6.45, 7) is 4.45. The number of aliphatic hydroxyl groups is 1. The molecule has 0 aliphatic heterocycles. The van der Waals surface area contributed by atoms with Crippen LogP contribution in [0.3, 0.4) is 0 Å². The zero-order valence-electron chi connectivity index (χ0n) is 9.82. The monoisotopic (exact) mass is 254 g/mol. The molecule has 0 atom stereocenters. The lowest BCUT2D eigenvalue weighted by molar-refractivity contribution is 0.350. The highest BCUT2D eigenvalue weighted by Crippen LogP contribution is 2.23. The highest BCUT2D eigenvalue weighted by atomic mass is 32.2. The topological polar surface area (TPSA) is 20.2 Å². The van der Waals surface area contributed by atoms with Crippen molar-refractivity contribution < 1.29 is 5.11 Å². The van der Waals surface area contributed by atoms with Crippen molar-refractivity contribution in [1.29, 1.82) is 0 Å². The van der Waals surface area contributed by atoms with Crippen molar-refractivity contribution in [2.45, 2.75) is 26.0 Å². The van der Waals surface area contributed by atoms with Crippen molar-refractivity contribution >= 4 is 23.1 Å². The SMILES string of the molecule is CC(C)CCSCc1sccc1C#CCO. The Morgan fingerprint density at radius 3 is 3.00 bits per heavy atom. The van der Waals surface area contributed by atoms with Crippen LogP contribution in [-0.2, 0) is 5.75 Å². The molecule has 0 saturated carbocycles. The van der Waals surface area contributed by atoms with Gasteiger partial charge >= 0.3 is 0 Å². The number of hydrogen-bond donors (Lipinski definition) is 1. The first-order valence-electron chi connectivity index (χ1n) is 5.48. The summed E-state index contributed by atoms with van der Waals surface area (Å²) in [5, 5.41) is 10.7. The maximum absolute atomic E-state index is 8.66. The van der Waals surface area contributed by atoms with Gasteiger partial charge in [-0.1, -0.05) is 25.7 Å². The number of thiophene rings is 1. The average molecular weight is 254 g/mol. The standard InChI is InChI=1S/C13H18OS2/c1-11(2)5-8-15-10-13-12(4-3-7-14)6-9-16-13/h6,9,11,14H,5,7-8,10H2,1-2H3. The maximum Gasteiger partial charge on any atom is 0.104 e. The molecule has 0 saturated heterocycles. The predicted molar refractivity (Wildman–Crippen MR) is 73.9 cm³/mol. The Kier molecular flexibility index (Phi) is 6.63. The smallest absolute Gasteiger partial charge is 0.104 e. The highest BCUT2D eigenvalue weighted by Gasteiger charge is 2.02. The van der Waals surface area contributed by atoms with Crippen LogP contribution in [-0.4, -0.2) is 17.5 Å². The Hall–Kier alpha value is -0.430. The highest BCUT2D eigenvalue weighted by molar-refractivity contribution is 7.98. The van der Waals surface area contributed by atoms with Crippen LogP contribution < -0.4 is 0 Å². The molecule has 1 heterocycles. The first kappa shape index (κ1) is 13.6. The fraction of sp³-hybridized carbons (Fsp3) is 0.538. The Morgan fingerprint density at radius 2 is 2.31 bits per heavy atom. The molecule has 0 unspecified atom stereocenters. The van der Waals surface area contributed by atoms with Gasteiger partial charge in [0.25, 0.3) is 0 Å². The van der Waals surface area contributed by atoms with E-state index in [4.69, 9.17) is 5.11 Å². The molecule has 0 spiro atoms. The van der Waals surface area contributed by atoms with Gasteiger partial charge < -0.3 is 5.11 Å². The van der Waals surface area contributed by atoms with Crippen molar-refractivity contribution in [2.75, 3.05) is 12.4 Å². The van der Waals surface area contributed by atoms with Crippen molar-refractivity contribution in [3.8, 4) is 11.8 Å².